The first-order chi connectivity index (χ1) is 11.3. The van der Waals surface area contributed by atoms with Gasteiger partial charge in [-0.1, -0.05) is 38.0 Å². The van der Waals surface area contributed by atoms with Gasteiger partial charge in [-0.2, -0.15) is 4.98 Å². The number of hydrogen-bond donors (Lipinski definition) is 0. The van der Waals surface area contributed by atoms with Gasteiger partial charge in [0.05, 0.1) is 10.4 Å². The van der Waals surface area contributed by atoms with Gasteiger partial charge in [0, 0.05) is 4.70 Å². The predicted molar refractivity (Wildman–Crippen MR) is 99.4 cm³/mol. The maximum Gasteiger partial charge on any atom is 0.279 e. The summed E-state index contributed by atoms with van der Waals surface area (Å²) in [7, 11) is 0. The largest absolute Gasteiger partial charge is 0.279 e. The molecule has 0 unspecified atom stereocenters. The van der Waals surface area contributed by atoms with Crippen molar-refractivity contribution in [2.45, 2.75) is 31.2 Å². The van der Waals surface area contributed by atoms with Crippen molar-refractivity contribution in [2.75, 3.05) is 5.75 Å². The Morgan fingerprint density at radius 1 is 1.04 bits per heavy atom. The van der Waals surface area contributed by atoms with E-state index in [-0.39, 0.29) is 5.56 Å². The summed E-state index contributed by atoms with van der Waals surface area (Å²) in [6.45, 7) is 2.21. The molecule has 0 aliphatic heterocycles. The van der Waals surface area contributed by atoms with Crippen LogP contribution in [-0.4, -0.2) is 15.7 Å². The van der Waals surface area contributed by atoms with Crippen molar-refractivity contribution < 1.29 is 0 Å². The van der Waals surface area contributed by atoms with Gasteiger partial charge in [0.15, 0.2) is 0 Å². The third-order valence-electron chi connectivity index (χ3n) is 3.47. The van der Waals surface area contributed by atoms with Gasteiger partial charge in [-0.05, 0) is 36.4 Å². The molecule has 0 saturated heterocycles. The second-order valence-electron chi connectivity index (χ2n) is 5.24. The number of pyridine rings is 1. The van der Waals surface area contributed by atoms with E-state index < -0.39 is 0 Å². The van der Waals surface area contributed by atoms with E-state index in [0.29, 0.717) is 10.4 Å². The zero-order chi connectivity index (χ0) is 16.1. The third-order valence-corrected chi connectivity index (χ3v) is 5.55. The van der Waals surface area contributed by atoms with Gasteiger partial charge in [-0.15, -0.1) is 23.1 Å². The van der Waals surface area contributed by atoms with Crippen LogP contribution in [0, 0.1) is 0 Å². The van der Waals surface area contributed by atoms with Crippen LogP contribution in [0.4, 0.5) is 0 Å². The van der Waals surface area contributed by atoms with Crippen molar-refractivity contribution in [1.29, 1.82) is 0 Å². The van der Waals surface area contributed by atoms with Crippen LogP contribution in [0.15, 0.2) is 52.3 Å². The molecule has 0 radical (unpaired) electrons. The number of hydrogen-bond acceptors (Lipinski definition) is 5. The molecule has 0 saturated carbocycles. The molecule has 0 spiro atoms. The fraction of sp³-hybridized carbons (Fsp3) is 0.278. The van der Waals surface area contributed by atoms with Gasteiger partial charge in [-0.25, -0.2) is 4.98 Å². The van der Waals surface area contributed by atoms with Gasteiger partial charge in [0.2, 0.25) is 0 Å². The van der Waals surface area contributed by atoms with Crippen LogP contribution < -0.4 is 5.56 Å². The van der Waals surface area contributed by atoms with Crippen molar-refractivity contribution in [1.82, 2.24) is 9.97 Å². The van der Waals surface area contributed by atoms with Crippen LogP contribution in [0.25, 0.3) is 20.8 Å². The summed E-state index contributed by atoms with van der Waals surface area (Å²) in [5.41, 5.74) is 0.593. The maximum atomic E-state index is 12.2. The number of fused-ring (bicyclic) bond motifs is 1. The lowest BCUT2D eigenvalue weighted by Crippen LogP contribution is -2.06. The SMILES string of the molecule is CCCCCSc1cccc(-c2nc(=O)c3ccccc3s2)n1. The number of thioether (sulfide) groups is 1. The molecule has 0 bridgehead atoms. The monoisotopic (exact) mass is 342 g/mol. The lowest BCUT2D eigenvalue weighted by molar-refractivity contribution is 0.778. The second-order valence-corrected chi connectivity index (χ2v) is 7.38. The van der Waals surface area contributed by atoms with Gasteiger partial charge in [0.25, 0.3) is 5.56 Å². The molecule has 0 amide bonds. The molecule has 5 heteroatoms. The van der Waals surface area contributed by atoms with E-state index in [1.54, 1.807) is 11.8 Å². The Morgan fingerprint density at radius 3 is 2.78 bits per heavy atom. The molecule has 118 valence electrons. The summed E-state index contributed by atoms with van der Waals surface area (Å²) >= 11 is 3.28. The van der Waals surface area contributed by atoms with Crippen LogP contribution in [0.5, 0.6) is 0 Å². The Kier molecular flexibility index (Phi) is 5.41. The average Bonchev–Trinajstić information content (AvgIpc) is 2.59. The first-order valence-corrected chi connectivity index (χ1v) is 9.58. The van der Waals surface area contributed by atoms with E-state index >= 15 is 0 Å². The van der Waals surface area contributed by atoms with Crippen LogP contribution in [0.1, 0.15) is 26.2 Å². The minimum absolute atomic E-state index is 0.183. The molecule has 0 aliphatic carbocycles. The zero-order valence-corrected chi connectivity index (χ0v) is 14.6. The molecule has 2 heterocycles. The highest BCUT2D eigenvalue weighted by molar-refractivity contribution is 7.99. The highest BCUT2D eigenvalue weighted by Crippen LogP contribution is 2.26. The number of unbranched alkanes of at least 4 members (excludes halogenated alkanes) is 2. The predicted octanol–water partition coefficient (Wildman–Crippen LogP) is 5.00. The van der Waals surface area contributed by atoms with Crippen LogP contribution in [0.3, 0.4) is 0 Å². The molecule has 3 aromatic rings. The fourth-order valence-corrected chi connectivity index (χ4v) is 4.13. The minimum atomic E-state index is -0.183. The molecular formula is C18H18N2OS2. The summed E-state index contributed by atoms with van der Waals surface area (Å²) in [4.78, 5) is 21.0. The number of rotatable bonds is 6. The van der Waals surface area contributed by atoms with Crippen molar-refractivity contribution in [3.63, 3.8) is 0 Å². The molecular weight excluding hydrogens is 324 g/mol. The summed E-state index contributed by atoms with van der Waals surface area (Å²) in [5, 5.41) is 2.35. The Hall–Kier alpha value is -1.72. The molecule has 23 heavy (non-hydrogen) atoms. The molecule has 2 aromatic heterocycles. The van der Waals surface area contributed by atoms with Crippen molar-refractivity contribution in [3.8, 4) is 10.7 Å². The number of nitrogens with zero attached hydrogens (tertiary/aromatic N) is 2. The van der Waals surface area contributed by atoms with Gasteiger partial charge in [-0.3, -0.25) is 4.79 Å². The van der Waals surface area contributed by atoms with Crippen LogP contribution in [-0.2, 0) is 0 Å². The Labute approximate surface area is 143 Å². The molecule has 0 aliphatic rings. The molecule has 0 atom stereocenters. The maximum absolute atomic E-state index is 12.2. The summed E-state index contributed by atoms with van der Waals surface area (Å²) in [6, 6.07) is 13.5. The van der Waals surface area contributed by atoms with Crippen LogP contribution in [0.2, 0.25) is 0 Å². The standard InChI is InChI=1S/C18H18N2OS2/c1-2-3-6-12-22-16-11-7-9-14(19-16)18-20-17(21)13-8-4-5-10-15(13)23-18/h4-5,7-11H,2-3,6,12H2,1H3. The van der Waals surface area contributed by atoms with Gasteiger partial charge < -0.3 is 0 Å². The second kappa shape index (κ2) is 7.70. The average molecular weight is 342 g/mol. The third kappa shape index (κ3) is 3.98. The quantitative estimate of drug-likeness (QED) is 0.467. The minimum Gasteiger partial charge on any atom is -0.267 e. The summed E-state index contributed by atoms with van der Waals surface area (Å²) in [5.74, 6) is 1.08. The van der Waals surface area contributed by atoms with Crippen molar-refractivity contribution in [3.05, 3.63) is 52.8 Å². The van der Waals surface area contributed by atoms with E-state index in [0.717, 1.165) is 21.2 Å². The fourth-order valence-electron chi connectivity index (χ4n) is 2.26. The normalized spacial score (nSPS) is 11.0. The first kappa shape index (κ1) is 16.1. The highest BCUT2D eigenvalue weighted by atomic mass is 32.2. The van der Waals surface area contributed by atoms with Crippen LogP contribution >= 0.6 is 23.1 Å². The van der Waals surface area contributed by atoms with E-state index in [9.17, 15) is 4.79 Å². The Morgan fingerprint density at radius 2 is 1.91 bits per heavy atom. The van der Waals surface area contributed by atoms with Crippen molar-refractivity contribution in [2.24, 2.45) is 0 Å². The van der Waals surface area contributed by atoms with E-state index in [1.807, 2.05) is 42.5 Å². The number of aromatic nitrogens is 2. The molecule has 3 nitrogen and oxygen atoms in total. The van der Waals surface area contributed by atoms with Crippen molar-refractivity contribution >= 4 is 33.2 Å². The molecule has 3 rings (SSSR count). The Balaban J connectivity index is 1.88. The molecule has 0 fully saturated rings. The molecule has 0 N–H and O–H groups in total. The van der Waals surface area contributed by atoms with E-state index in [2.05, 4.69) is 16.9 Å². The van der Waals surface area contributed by atoms with Gasteiger partial charge in [0.1, 0.15) is 10.7 Å². The lowest BCUT2D eigenvalue weighted by atomic mass is 10.3. The first-order valence-electron chi connectivity index (χ1n) is 7.78. The topological polar surface area (TPSA) is 42.9 Å². The Bertz CT molecular complexity index is 861. The smallest absolute Gasteiger partial charge is 0.267 e. The number of benzene rings is 1. The summed E-state index contributed by atoms with van der Waals surface area (Å²) in [6.07, 6.45) is 3.68. The summed E-state index contributed by atoms with van der Waals surface area (Å²) < 4.78 is 0.949. The zero-order valence-electron chi connectivity index (χ0n) is 13.0. The van der Waals surface area contributed by atoms with Gasteiger partial charge >= 0.3 is 0 Å². The lowest BCUT2D eigenvalue weighted by Gasteiger charge is -2.04. The molecule has 1 aromatic carbocycles. The van der Waals surface area contributed by atoms with E-state index in [4.69, 9.17) is 0 Å². The van der Waals surface area contributed by atoms with E-state index in [1.165, 1.54) is 30.6 Å². The highest BCUT2D eigenvalue weighted by Gasteiger charge is 2.08.